The molecule has 2 rings (SSSR count). The van der Waals surface area contributed by atoms with Gasteiger partial charge in [-0.1, -0.05) is 6.07 Å². The Balaban J connectivity index is 2.00. The number of hydrogen-bond donors (Lipinski definition) is 2. The minimum atomic E-state index is -1.04. The lowest BCUT2D eigenvalue weighted by molar-refractivity contribution is -0.121. The van der Waals surface area contributed by atoms with Crippen LogP contribution in [0.25, 0.3) is 0 Å². The van der Waals surface area contributed by atoms with Gasteiger partial charge >= 0.3 is 5.97 Å². The molecule has 1 saturated heterocycles. The molecule has 1 aliphatic rings. The molecule has 2 N–H and O–H groups in total. The lowest BCUT2D eigenvalue weighted by Gasteiger charge is -2.23. The molecule has 0 unspecified atom stereocenters. The van der Waals surface area contributed by atoms with Crippen LogP contribution in [0.4, 0.5) is 0 Å². The van der Waals surface area contributed by atoms with E-state index in [1.807, 2.05) is 0 Å². The van der Waals surface area contributed by atoms with E-state index >= 15 is 0 Å². The van der Waals surface area contributed by atoms with Crippen LogP contribution in [0.3, 0.4) is 0 Å². The highest BCUT2D eigenvalue weighted by atomic mass is 16.5. The average molecular weight is 307 g/mol. The van der Waals surface area contributed by atoms with Gasteiger partial charge in [-0.05, 0) is 37.5 Å². The standard InChI is InChI=1S/C16H21NO5/c1-2-22-14-9-11(3-4-13(14)16(19)20)10-15(18)17-12-5-7-21-8-6-12/h3-4,9,12H,2,5-8,10H2,1H3,(H,17,18)(H,19,20). The second-order valence-electron chi connectivity index (χ2n) is 5.20. The fourth-order valence-electron chi connectivity index (χ4n) is 2.43. The summed E-state index contributed by atoms with van der Waals surface area (Å²) in [5, 5.41) is 12.1. The zero-order valence-corrected chi connectivity index (χ0v) is 12.6. The number of carboxylic acids is 1. The summed E-state index contributed by atoms with van der Waals surface area (Å²) in [4.78, 5) is 23.2. The third kappa shape index (κ3) is 4.46. The molecule has 120 valence electrons. The van der Waals surface area contributed by atoms with E-state index in [-0.39, 0.29) is 23.9 Å². The Kier molecular flexibility index (Phi) is 5.77. The summed E-state index contributed by atoms with van der Waals surface area (Å²) < 4.78 is 10.6. The predicted octanol–water partition coefficient (Wildman–Crippen LogP) is 1.62. The second kappa shape index (κ2) is 7.79. The van der Waals surface area contributed by atoms with E-state index in [4.69, 9.17) is 14.6 Å². The second-order valence-corrected chi connectivity index (χ2v) is 5.20. The molecule has 1 aliphatic heterocycles. The highest BCUT2D eigenvalue weighted by Crippen LogP contribution is 2.21. The molecular formula is C16H21NO5. The number of benzene rings is 1. The smallest absolute Gasteiger partial charge is 0.339 e. The van der Waals surface area contributed by atoms with Crippen molar-refractivity contribution in [3.63, 3.8) is 0 Å². The third-order valence-corrected chi connectivity index (χ3v) is 3.53. The molecular weight excluding hydrogens is 286 g/mol. The number of ether oxygens (including phenoxy) is 2. The van der Waals surface area contributed by atoms with Crippen molar-refractivity contribution in [1.82, 2.24) is 5.32 Å². The van der Waals surface area contributed by atoms with Crippen LogP contribution >= 0.6 is 0 Å². The van der Waals surface area contributed by atoms with Gasteiger partial charge in [0.15, 0.2) is 0 Å². The molecule has 0 aromatic heterocycles. The number of nitrogens with one attached hydrogen (secondary N) is 1. The number of aromatic carboxylic acids is 1. The fourth-order valence-corrected chi connectivity index (χ4v) is 2.43. The van der Waals surface area contributed by atoms with Crippen molar-refractivity contribution >= 4 is 11.9 Å². The van der Waals surface area contributed by atoms with Gasteiger partial charge in [-0.3, -0.25) is 4.79 Å². The van der Waals surface area contributed by atoms with Gasteiger partial charge in [0, 0.05) is 19.3 Å². The zero-order chi connectivity index (χ0) is 15.9. The first-order chi connectivity index (χ1) is 10.6. The van der Waals surface area contributed by atoms with Gasteiger partial charge in [-0.15, -0.1) is 0 Å². The van der Waals surface area contributed by atoms with Crippen molar-refractivity contribution in [2.24, 2.45) is 0 Å². The maximum absolute atomic E-state index is 12.1. The lowest BCUT2D eigenvalue weighted by atomic mass is 10.1. The number of carbonyl (C=O) groups excluding carboxylic acids is 1. The van der Waals surface area contributed by atoms with E-state index in [1.54, 1.807) is 19.1 Å². The molecule has 1 fully saturated rings. The first kappa shape index (κ1) is 16.3. The maximum Gasteiger partial charge on any atom is 0.339 e. The van der Waals surface area contributed by atoms with Crippen molar-refractivity contribution in [3.8, 4) is 5.75 Å². The van der Waals surface area contributed by atoms with E-state index in [0.717, 1.165) is 18.4 Å². The Hall–Kier alpha value is -2.08. The molecule has 1 heterocycles. The molecule has 22 heavy (non-hydrogen) atoms. The zero-order valence-electron chi connectivity index (χ0n) is 12.6. The van der Waals surface area contributed by atoms with E-state index in [9.17, 15) is 9.59 Å². The quantitative estimate of drug-likeness (QED) is 0.834. The molecule has 0 bridgehead atoms. The van der Waals surface area contributed by atoms with Crippen molar-refractivity contribution in [1.29, 1.82) is 0 Å². The van der Waals surface area contributed by atoms with Crippen LogP contribution in [0.1, 0.15) is 35.7 Å². The Labute approximate surface area is 129 Å². The molecule has 0 radical (unpaired) electrons. The van der Waals surface area contributed by atoms with Gasteiger partial charge in [0.1, 0.15) is 11.3 Å². The summed E-state index contributed by atoms with van der Waals surface area (Å²) in [6.45, 7) is 3.51. The normalized spacial score (nSPS) is 15.3. The minimum absolute atomic E-state index is 0.0718. The summed E-state index contributed by atoms with van der Waals surface area (Å²) in [6.07, 6.45) is 1.86. The maximum atomic E-state index is 12.1. The number of hydrogen-bond acceptors (Lipinski definition) is 4. The molecule has 6 nitrogen and oxygen atoms in total. The van der Waals surface area contributed by atoms with Gasteiger partial charge in [0.2, 0.25) is 5.91 Å². The molecule has 0 spiro atoms. The Morgan fingerprint density at radius 2 is 2.09 bits per heavy atom. The summed E-state index contributed by atoms with van der Waals surface area (Å²) >= 11 is 0. The molecule has 1 aromatic rings. The van der Waals surface area contributed by atoms with E-state index in [2.05, 4.69) is 5.32 Å². The van der Waals surface area contributed by atoms with Crippen LogP contribution in [0, 0.1) is 0 Å². The van der Waals surface area contributed by atoms with Gasteiger partial charge in [0.25, 0.3) is 0 Å². The van der Waals surface area contributed by atoms with Crippen LogP contribution in [0.2, 0.25) is 0 Å². The fraction of sp³-hybridized carbons (Fsp3) is 0.500. The molecule has 0 aliphatic carbocycles. The largest absolute Gasteiger partial charge is 0.493 e. The molecule has 1 aromatic carbocycles. The molecule has 0 saturated carbocycles. The van der Waals surface area contributed by atoms with Crippen LogP contribution in [-0.2, 0) is 16.0 Å². The Bertz CT molecular complexity index is 537. The van der Waals surface area contributed by atoms with E-state index < -0.39 is 5.97 Å². The summed E-state index contributed by atoms with van der Waals surface area (Å²) in [5.74, 6) is -0.814. The Morgan fingerprint density at radius 1 is 1.36 bits per heavy atom. The topological polar surface area (TPSA) is 84.9 Å². The monoisotopic (exact) mass is 307 g/mol. The Morgan fingerprint density at radius 3 is 2.73 bits per heavy atom. The SMILES string of the molecule is CCOc1cc(CC(=O)NC2CCOCC2)ccc1C(=O)O. The number of carbonyl (C=O) groups is 2. The van der Waals surface area contributed by atoms with Crippen LogP contribution in [0.15, 0.2) is 18.2 Å². The summed E-state index contributed by atoms with van der Waals surface area (Å²) in [5.41, 5.74) is 0.841. The van der Waals surface area contributed by atoms with Crippen molar-refractivity contribution in [2.75, 3.05) is 19.8 Å². The van der Waals surface area contributed by atoms with Crippen LogP contribution in [0.5, 0.6) is 5.75 Å². The molecule has 6 heteroatoms. The van der Waals surface area contributed by atoms with Gasteiger partial charge in [-0.25, -0.2) is 4.79 Å². The first-order valence-corrected chi connectivity index (χ1v) is 7.46. The van der Waals surface area contributed by atoms with Crippen LogP contribution in [-0.4, -0.2) is 42.8 Å². The predicted molar refractivity (Wildman–Crippen MR) is 80.3 cm³/mol. The van der Waals surface area contributed by atoms with Crippen molar-refractivity contribution < 1.29 is 24.2 Å². The van der Waals surface area contributed by atoms with Crippen molar-refractivity contribution in [2.45, 2.75) is 32.2 Å². The number of amides is 1. The van der Waals surface area contributed by atoms with E-state index in [1.165, 1.54) is 6.07 Å². The van der Waals surface area contributed by atoms with Crippen molar-refractivity contribution in [3.05, 3.63) is 29.3 Å². The summed E-state index contributed by atoms with van der Waals surface area (Å²) in [6, 6.07) is 4.90. The average Bonchev–Trinajstić information content (AvgIpc) is 2.48. The highest BCUT2D eigenvalue weighted by molar-refractivity contribution is 5.91. The number of rotatable bonds is 6. The van der Waals surface area contributed by atoms with E-state index in [0.29, 0.717) is 25.6 Å². The number of carboxylic acid groups (broad SMARTS) is 1. The van der Waals surface area contributed by atoms with Gasteiger partial charge in [0.05, 0.1) is 13.0 Å². The highest BCUT2D eigenvalue weighted by Gasteiger charge is 2.17. The van der Waals surface area contributed by atoms with Crippen LogP contribution < -0.4 is 10.1 Å². The third-order valence-electron chi connectivity index (χ3n) is 3.53. The minimum Gasteiger partial charge on any atom is -0.493 e. The summed E-state index contributed by atoms with van der Waals surface area (Å²) in [7, 11) is 0. The lowest BCUT2D eigenvalue weighted by Crippen LogP contribution is -2.39. The van der Waals surface area contributed by atoms with Gasteiger partial charge < -0.3 is 19.9 Å². The molecule has 0 atom stereocenters. The van der Waals surface area contributed by atoms with Gasteiger partial charge in [-0.2, -0.15) is 0 Å². The molecule has 1 amide bonds. The first-order valence-electron chi connectivity index (χ1n) is 7.46.